The summed E-state index contributed by atoms with van der Waals surface area (Å²) in [6, 6.07) is 0. The summed E-state index contributed by atoms with van der Waals surface area (Å²) in [4.78, 5) is 38.1. The molecule has 0 aromatic rings. The lowest BCUT2D eigenvalue weighted by molar-refractivity contribution is -0.167. The molecule has 0 aliphatic rings. The number of unbranched alkanes of at least 4 members (excludes halogenated alkanes) is 27. The Bertz CT molecular complexity index is 1430. The second kappa shape index (κ2) is 59.9. The van der Waals surface area contributed by atoms with Crippen LogP contribution in [0.5, 0.6) is 0 Å². The van der Waals surface area contributed by atoms with Gasteiger partial charge < -0.3 is 14.2 Å². The van der Waals surface area contributed by atoms with E-state index in [0.717, 1.165) is 128 Å². The third-order valence-corrected chi connectivity index (χ3v) is 12.8. The van der Waals surface area contributed by atoms with Gasteiger partial charge in [0.2, 0.25) is 0 Å². The molecule has 0 amide bonds. The zero-order valence-electron chi connectivity index (χ0n) is 47.2. The topological polar surface area (TPSA) is 78.9 Å². The first-order valence-corrected chi connectivity index (χ1v) is 30.2. The fourth-order valence-electron chi connectivity index (χ4n) is 8.27. The highest BCUT2D eigenvalue weighted by molar-refractivity contribution is 5.71. The van der Waals surface area contributed by atoms with Gasteiger partial charge in [-0.05, 0) is 116 Å². The van der Waals surface area contributed by atoms with E-state index in [-0.39, 0.29) is 31.1 Å². The Labute approximate surface area is 445 Å². The van der Waals surface area contributed by atoms with E-state index in [4.69, 9.17) is 14.2 Å². The molecule has 0 saturated carbocycles. The van der Waals surface area contributed by atoms with Crippen molar-refractivity contribution in [3.05, 3.63) is 97.2 Å². The van der Waals surface area contributed by atoms with Gasteiger partial charge in [0.15, 0.2) is 6.10 Å². The average molecular weight is 1000 g/mol. The number of carbonyl (C=O) groups is 3. The van der Waals surface area contributed by atoms with E-state index in [1.54, 1.807) is 0 Å². The van der Waals surface area contributed by atoms with Crippen molar-refractivity contribution in [2.75, 3.05) is 13.2 Å². The van der Waals surface area contributed by atoms with Crippen LogP contribution in [-0.4, -0.2) is 37.2 Å². The number of allylic oxidation sites excluding steroid dienone is 16. The van der Waals surface area contributed by atoms with Gasteiger partial charge in [-0.25, -0.2) is 0 Å². The van der Waals surface area contributed by atoms with Crippen LogP contribution >= 0.6 is 0 Å². The normalized spacial score (nSPS) is 12.8. The summed E-state index contributed by atoms with van der Waals surface area (Å²) >= 11 is 0. The van der Waals surface area contributed by atoms with Crippen molar-refractivity contribution >= 4 is 17.9 Å². The van der Waals surface area contributed by atoms with E-state index < -0.39 is 6.10 Å². The monoisotopic (exact) mass is 1000 g/mol. The van der Waals surface area contributed by atoms with Crippen LogP contribution in [0.3, 0.4) is 0 Å². The van der Waals surface area contributed by atoms with Crippen molar-refractivity contribution in [3.8, 4) is 0 Å². The molecular formula is C66H112O6. The summed E-state index contributed by atoms with van der Waals surface area (Å²) in [5, 5.41) is 0. The highest BCUT2D eigenvalue weighted by atomic mass is 16.6. The van der Waals surface area contributed by atoms with Crippen LogP contribution in [0.15, 0.2) is 97.2 Å². The number of rotatable bonds is 54. The van der Waals surface area contributed by atoms with Crippen LogP contribution in [0.2, 0.25) is 0 Å². The molecule has 0 aromatic heterocycles. The molecule has 0 bridgehead atoms. The van der Waals surface area contributed by atoms with Crippen LogP contribution in [-0.2, 0) is 28.6 Å². The van der Waals surface area contributed by atoms with Gasteiger partial charge in [0, 0.05) is 19.3 Å². The molecule has 0 radical (unpaired) electrons. The van der Waals surface area contributed by atoms with Crippen molar-refractivity contribution in [1.82, 2.24) is 0 Å². The maximum Gasteiger partial charge on any atom is 0.306 e. The van der Waals surface area contributed by atoms with Gasteiger partial charge in [-0.1, -0.05) is 246 Å². The standard InChI is InChI=1S/C66H112O6/c1-4-7-10-13-16-19-22-24-26-28-30-31-32-33-34-35-37-38-40-42-44-47-50-53-56-59-65(68)71-62-63(61-70-64(67)58-55-52-49-46-21-18-15-12-9-6-3)72-66(69)60-57-54-51-48-45-43-41-39-36-29-27-25-23-20-17-14-11-8-5-2/h7,10,12,15-16,19,24-27,30-31,33-34,37-38,63H,4-6,8-9,11,13-14,17-18,20-23,28-29,32,35-36,39-62H2,1-3H3/b10-7-,15-12-,19-16-,26-24-,27-25-,31-30-,34-33-,38-37-. The summed E-state index contributed by atoms with van der Waals surface area (Å²) in [6.45, 7) is 6.45. The Kier molecular flexibility index (Phi) is 56.8. The molecule has 0 fully saturated rings. The van der Waals surface area contributed by atoms with Crippen LogP contribution in [0.4, 0.5) is 0 Å². The first-order chi connectivity index (χ1) is 35.5. The van der Waals surface area contributed by atoms with Crippen LogP contribution in [0.1, 0.15) is 284 Å². The summed E-state index contributed by atoms with van der Waals surface area (Å²) in [7, 11) is 0. The lowest BCUT2D eigenvalue weighted by Gasteiger charge is -2.18. The van der Waals surface area contributed by atoms with Gasteiger partial charge in [-0.15, -0.1) is 0 Å². The molecule has 1 unspecified atom stereocenters. The molecule has 72 heavy (non-hydrogen) atoms. The minimum Gasteiger partial charge on any atom is -0.462 e. The Balaban J connectivity index is 4.32. The summed E-state index contributed by atoms with van der Waals surface area (Å²) in [6.07, 6.45) is 79.8. The van der Waals surface area contributed by atoms with Crippen LogP contribution in [0.25, 0.3) is 0 Å². The summed E-state index contributed by atoms with van der Waals surface area (Å²) in [5.41, 5.74) is 0. The zero-order valence-corrected chi connectivity index (χ0v) is 47.2. The first kappa shape index (κ1) is 68.3. The van der Waals surface area contributed by atoms with E-state index >= 15 is 0 Å². The molecule has 412 valence electrons. The maximum atomic E-state index is 12.9. The van der Waals surface area contributed by atoms with Crippen molar-refractivity contribution in [2.24, 2.45) is 0 Å². The molecule has 6 nitrogen and oxygen atoms in total. The van der Waals surface area contributed by atoms with Gasteiger partial charge in [0.05, 0.1) is 0 Å². The molecule has 0 rings (SSSR count). The number of carbonyl (C=O) groups excluding carboxylic acids is 3. The smallest absolute Gasteiger partial charge is 0.306 e. The molecule has 0 aromatic carbocycles. The van der Waals surface area contributed by atoms with Crippen molar-refractivity contribution in [1.29, 1.82) is 0 Å². The van der Waals surface area contributed by atoms with Crippen LogP contribution < -0.4 is 0 Å². The molecule has 6 heteroatoms. The lowest BCUT2D eigenvalue weighted by Crippen LogP contribution is -2.30. The van der Waals surface area contributed by atoms with E-state index in [2.05, 4.69) is 118 Å². The molecule has 0 aliphatic heterocycles. The van der Waals surface area contributed by atoms with Gasteiger partial charge in [0.1, 0.15) is 13.2 Å². The quantitative estimate of drug-likeness (QED) is 0.0261. The second-order valence-corrected chi connectivity index (χ2v) is 19.9. The Morgan fingerprint density at radius 2 is 0.569 bits per heavy atom. The molecule has 1 atom stereocenters. The zero-order chi connectivity index (χ0) is 52.2. The minimum absolute atomic E-state index is 0.0873. The number of ether oxygens (including phenoxy) is 3. The molecule has 0 aliphatic carbocycles. The van der Waals surface area contributed by atoms with Crippen molar-refractivity contribution in [2.45, 2.75) is 290 Å². The Hall–Kier alpha value is -3.67. The van der Waals surface area contributed by atoms with Gasteiger partial charge >= 0.3 is 17.9 Å². The van der Waals surface area contributed by atoms with Gasteiger partial charge in [0.25, 0.3) is 0 Å². The van der Waals surface area contributed by atoms with Crippen LogP contribution in [0, 0.1) is 0 Å². The fraction of sp³-hybridized carbons (Fsp3) is 0.712. The minimum atomic E-state index is -0.789. The fourth-order valence-corrected chi connectivity index (χ4v) is 8.27. The molecule has 0 spiro atoms. The first-order valence-electron chi connectivity index (χ1n) is 30.2. The van der Waals surface area contributed by atoms with Gasteiger partial charge in [-0.2, -0.15) is 0 Å². The lowest BCUT2D eigenvalue weighted by atomic mass is 10.1. The van der Waals surface area contributed by atoms with E-state index in [1.807, 2.05) is 0 Å². The predicted octanol–water partition coefficient (Wildman–Crippen LogP) is 20.5. The number of hydrogen-bond donors (Lipinski definition) is 0. The van der Waals surface area contributed by atoms with Crippen molar-refractivity contribution < 1.29 is 28.6 Å². The van der Waals surface area contributed by atoms with Gasteiger partial charge in [-0.3, -0.25) is 14.4 Å². The molecule has 0 saturated heterocycles. The van der Waals surface area contributed by atoms with E-state index in [9.17, 15) is 14.4 Å². The Morgan fingerprint density at radius 3 is 0.917 bits per heavy atom. The van der Waals surface area contributed by atoms with E-state index in [0.29, 0.717) is 19.3 Å². The van der Waals surface area contributed by atoms with E-state index in [1.165, 1.54) is 116 Å². The molecule has 0 N–H and O–H groups in total. The molecular weight excluding hydrogens is 889 g/mol. The number of esters is 3. The highest BCUT2D eigenvalue weighted by Gasteiger charge is 2.19. The number of hydrogen-bond acceptors (Lipinski definition) is 6. The SMILES string of the molecule is CC/C=C\C/C=C\C/C=C\C/C=C\C/C=C\C/C=C\CCCCCCCCC(=O)OCC(COC(=O)CCCCCCC/C=C\CCC)OC(=O)CCCCCCCCCCC/C=C\CCCCCCCC. The maximum absolute atomic E-state index is 12.9. The average Bonchev–Trinajstić information content (AvgIpc) is 3.38. The largest absolute Gasteiger partial charge is 0.462 e. The third kappa shape index (κ3) is 57.2. The summed E-state index contributed by atoms with van der Waals surface area (Å²) < 4.78 is 16.8. The predicted molar refractivity (Wildman–Crippen MR) is 311 cm³/mol. The molecule has 0 heterocycles. The summed E-state index contributed by atoms with van der Waals surface area (Å²) in [5.74, 6) is -0.909. The highest BCUT2D eigenvalue weighted by Crippen LogP contribution is 2.15. The Morgan fingerprint density at radius 1 is 0.292 bits per heavy atom. The van der Waals surface area contributed by atoms with Crippen molar-refractivity contribution in [3.63, 3.8) is 0 Å². The third-order valence-electron chi connectivity index (χ3n) is 12.8. The second-order valence-electron chi connectivity index (χ2n) is 19.9.